The SMILES string of the molecule is Cc1cccc(/C=C/C(=O)Nc2ccc(C(=O)NS(=O)(=O)c3ccc(NCCSc4ccccc4)c([N+](=O)[O-])c3)cc2)c1. The summed E-state index contributed by atoms with van der Waals surface area (Å²) in [7, 11) is -4.42. The number of nitro benzene ring substituents is 1. The quantitative estimate of drug-likeness (QED) is 0.0588. The Morgan fingerprint density at radius 3 is 2.37 bits per heavy atom. The number of aryl methyl sites for hydroxylation is 1. The summed E-state index contributed by atoms with van der Waals surface area (Å²) in [6, 6.07) is 26.3. The monoisotopic (exact) mass is 616 g/mol. The molecule has 0 unspecified atom stereocenters. The van der Waals surface area contributed by atoms with Gasteiger partial charge in [0.1, 0.15) is 5.69 Å². The molecule has 2 amide bonds. The van der Waals surface area contributed by atoms with Crippen molar-refractivity contribution in [3.05, 3.63) is 130 Å². The number of nitrogens with one attached hydrogen (secondary N) is 3. The van der Waals surface area contributed by atoms with Gasteiger partial charge in [-0.15, -0.1) is 11.8 Å². The average molecular weight is 617 g/mol. The molecule has 0 aliphatic rings. The Morgan fingerprint density at radius 2 is 1.67 bits per heavy atom. The highest BCUT2D eigenvalue weighted by Gasteiger charge is 2.24. The molecule has 0 aromatic heterocycles. The maximum absolute atomic E-state index is 12.9. The maximum atomic E-state index is 12.9. The van der Waals surface area contributed by atoms with E-state index in [0.717, 1.165) is 22.1 Å². The summed E-state index contributed by atoms with van der Waals surface area (Å²) in [6.45, 7) is 2.36. The molecule has 0 atom stereocenters. The number of nitrogens with zero attached hydrogens (tertiary/aromatic N) is 1. The second-order valence-electron chi connectivity index (χ2n) is 9.27. The molecule has 0 saturated carbocycles. The number of hydrogen-bond acceptors (Lipinski definition) is 8. The largest absolute Gasteiger partial charge is 0.379 e. The van der Waals surface area contributed by atoms with Gasteiger partial charge in [-0.25, -0.2) is 13.1 Å². The first-order valence-electron chi connectivity index (χ1n) is 13.0. The predicted molar refractivity (Wildman–Crippen MR) is 169 cm³/mol. The minimum Gasteiger partial charge on any atom is -0.379 e. The summed E-state index contributed by atoms with van der Waals surface area (Å²) < 4.78 is 27.7. The van der Waals surface area contributed by atoms with Gasteiger partial charge in [-0.05, 0) is 67.1 Å². The summed E-state index contributed by atoms with van der Waals surface area (Å²) >= 11 is 1.57. The Balaban J connectivity index is 1.35. The van der Waals surface area contributed by atoms with E-state index in [9.17, 15) is 28.1 Å². The molecule has 0 spiro atoms. The van der Waals surface area contributed by atoms with Crippen molar-refractivity contribution in [3.63, 3.8) is 0 Å². The van der Waals surface area contributed by atoms with E-state index >= 15 is 0 Å². The van der Waals surface area contributed by atoms with Crippen molar-refractivity contribution in [1.29, 1.82) is 0 Å². The fourth-order valence-electron chi connectivity index (χ4n) is 3.92. The van der Waals surface area contributed by atoms with Crippen LogP contribution in [-0.2, 0) is 14.8 Å². The minimum atomic E-state index is -4.42. The number of hydrogen-bond donors (Lipinski definition) is 3. The van der Waals surface area contributed by atoms with E-state index in [0.29, 0.717) is 18.0 Å². The lowest BCUT2D eigenvalue weighted by Crippen LogP contribution is -2.30. The molecule has 12 heteroatoms. The molecular weight excluding hydrogens is 588 g/mol. The summed E-state index contributed by atoms with van der Waals surface area (Å²) in [5, 5.41) is 17.3. The van der Waals surface area contributed by atoms with Crippen LogP contribution in [0.1, 0.15) is 21.5 Å². The third-order valence-electron chi connectivity index (χ3n) is 6.02. The smallest absolute Gasteiger partial charge is 0.293 e. The Kier molecular flexibility index (Phi) is 10.3. The molecule has 0 radical (unpaired) electrons. The molecule has 3 N–H and O–H groups in total. The van der Waals surface area contributed by atoms with Crippen LogP contribution in [0, 0.1) is 17.0 Å². The van der Waals surface area contributed by atoms with Crippen molar-refractivity contribution in [2.24, 2.45) is 0 Å². The highest BCUT2D eigenvalue weighted by Crippen LogP contribution is 2.28. The predicted octanol–water partition coefficient (Wildman–Crippen LogP) is 5.88. The van der Waals surface area contributed by atoms with Gasteiger partial charge in [0.25, 0.3) is 21.6 Å². The average Bonchev–Trinajstić information content (AvgIpc) is 2.99. The third kappa shape index (κ3) is 9.02. The summed E-state index contributed by atoms with van der Waals surface area (Å²) in [6.07, 6.45) is 3.05. The van der Waals surface area contributed by atoms with Crippen molar-refractivity contribution < 1.29 is 22.9 Å². The van der Waals surface area contributed by atoms with Gasteiger partial charge in [0.2, 0.25) is 5.91 Å². The van der Waals surface area contributed by atoms with Crippen LogP contribution in [-0.4, -0.2) is 37.5 Å². The van der Waals surface area contributed by atoms with Gasteiger partial charge in [0, 0.05) is 40.6 Å². The molecule has 43 heavy (non-hydrogen) atoms. The lowest BCUT2D eigenvalue weighted by atomic mass is 10.1. The van der Waals surface area contributed by atoms with E-state index in [4.69, 9.17) is 0 Å². The molecule has 0 aliphatic carbocycles. The fourth-order valence-corrected chi connectivity index (χ4v) is 5.71. The first kappa shape index (κ1) is 31.0. The zero-order valence-corrected chi connectivity index (χ0v) is 24.7. The maximum Gasteiger partial charge on any atom is 0.293 e. The van der Waals surface area contributed by atoms with Gasteiger partial charge < -0.3 is 10.6 Å². The highest BCUT2D eigenvalue weighted by molar-refractivity contribution is 7.99. The molecule has 0 bridgehead atoms. The normalized spacial score (nSPS) is 11.2. The van der Waals surface area contributed by atoms with Crippen molar-refractivity contribution in [3.8, 4) is 0 Å². The number of benzene rings is 4. The zero-order chi connectivity index (χ0) is 30.8. The van der Waals surface area contributed by atoms with E-state index in [2.05, 4.69) is 10.6 Å². The summed E-state index contributed by atoms with van der Waals surface area (Å²) in [5.74, 6) is -0.681. The molecule has 0 aliphatic heterocycles. The second-order valence-corrected chi connectivity index (χ2v) is 12.1. The van der Waals surface area contributed by atoms with Crippen molar-refractivity contribution >= 4 is 56.7 Å². The lowest BCUT2D eigenvalue weighted by Gasteiger charge is -2.11. The number of carbonyl (C=O) groups excluding carboxylic acids is 2. The minimum absolute atomic E-state index is 0.0144. The van der Waals surface area contributed by atoms with E-state index in [-0.39, 0.29) is 17.2 Å². The zero-order valence-electron chi connectivity index (χ0n) is 23.0. The van der Waals surface area contributed by atoms with Gasteiger partial charge in [-0.1, -0.05) is 48.0 Å². The van der Waals surface area contributed by atoms with E-state index in [1.54, 1.807) is 17.8 Å². The molecule has 0 fully saturated rings. The van der Waals surface area contributed by atoms with E-state index in [1.807, 2.05) is 66.2 Å². The molecule has 4 aromatic carbocycles. The number of anilines is 2. The van der Waals surface area contributed by atoms with Gasteiger partial charge in [-0.3, -0.25) is 19.7 Å². The number of rotatable bonds is 12. The van der Waals surface area contributed by atoms with E-state index < -0.39 is 31.4 Å². The Labute approximate surface area is 253 Å². The van der Waals surface area contributed by atoms with Crippen LogP contribution < -0.4 is 15.4 Å². The van der Waals surface area contributed by atoms with Crippen LogP contribution in [0.15, 0.2) is 113 Å². The van der Waals surface area contributed by atoms with Crippen LogP contribution in [0.5, 0.6) is 0 Å². The van der Waals surface area contributed by atoms with Gasteiger partial charge in [-0.2, -0.15) is 0 Å². The Bertz CT molecular complexity index is 1760. The molecule has 0 heterocycles. The third-order valence-corrected chi connectivity index (χ3v) is 8.36. The van der Waals surface area contributed by atoms with Gasteiger partial charge >= 0.3 is 0 Å². The van der Waals surface area contributed by atoms with Crippen LogP contribution in [0.2, 0.25) is 0 Å². The second kappa shape index (κ2) is 14.3. The Morgan fingerprint density at radius 1 is 0.930 bits per heavy atom. The lowest BCUT2D eigenvalue weighted by molar-refractivity contribution is -0.384. The van der Waals surface area contributed by atoms with Gasteiger partial charge in [0.05, 0.1) is 9.82 Å². The van der Waals surface area contributed by atoms with Crippen LogP contribution >= 0.6 is 11.8 Å². The first-order valence-corrected chi connectivity index (χ1v) is 15.5. The molecule has 10 nitrogen and oxygen atoms in total. The number of carbonyl (C=O) groups is 2. The van der Waals surface area contributed by atoms with Crippen LogP contribution in [0.3, 0.4) is 0 Å². The van der Waals surface area contributed by atoms with Crippen LogP contribution in [0.4, 0.5) is 17.1 Å². The fraction of sp³-hybridized carbons (Fsp3) is 0.0968. The molecule has 4 aromatic rings. The molecule has 4 rings (SSSR count). The topological polar surface area (TPSA) is 148 Å². The molecule has 220 valence electrons. The first-order chi connectivity index (χ1) is 20.6. The summed E-state index contributed by atoms with van der Waals surface area (Å²) in [4.78, 5) is 36.6. The number of amides is 2. The number of nitro groups is 1. The molecule has 0 saturated heterocycles. The highest BCUT2D eigenvalue weighted by atomic mass is 32.2. The van der Waals surface area contributed by atoms with Crippen LogP contribution in [0.25, 0.3) is 6.08 Å². The van der Waals surface area contributed by atoms with Gasteiger partial charge in [0.15, 0.2) is 0 Å². The van der Waals surface area contributed by atoms with E-state index in [1.165, 1.54) is 42.5 Å². The Hall–Kier alpha value is -4.94. The van der Waals surface area contributed by atoms with Crippen molar-refractivity contribution in [2.75, 3.05) is 22.9 Å². The van der Waals surface area contributed by atoms with Crippen molar-refractivity contribution in [2.45, 2.75) is 16.7 Å². The molecular formula is C31H28N4O6S2. The standard InChI is InChI=1S/C31H28N4O6S2/c1-22-6-5-7-23(20-22)10-17-30(36)33-25-13-11-24(12-14-25)31(37)34-43(40,41)27-15-16-28(29(21-27)35(38)39)32-18-19-42-26-8-3-2-4-9-26/h2-17,20-21,32H,18-19H2,1H3,(H,33,36)(H,34,37)/b17-10+. The summed E-state index contributed by atoms with van der Waals surface area (Å²) in [5.41, 5.74) is 2.08. The number of sulfonamides is 1. The van der Waals surface area contributed by atoms with Crippen molar-refractivity contribution in [1.82, 2.24) is 4.72 Å². The number of thioether (sulfide) groups is 1.